The van der Waals surface area contributed by atoms with E-state index in [-0.39, 0.29) is 5.92 Å². The molecule has 1 saturated carbocycles. The van der Waals surface area contributed by atoms with Crippen molar-refractivity contribution in [2.24, 2.45) is 11.7 Å². The highest BCUT2D eigenvalue weighted by Crippen LogP contribution is 2.28. The molecule has 1 amide bonds. The van der Waals surface area contributed by atoms with Crippen LogP contribution in [0.2, 0.25) is 0 Å². The Bertz CT molecular complexity index is 243. The first-order chi connectivity index (χ1) is 7.68. The summed E-state index contributed by atoms with van der Waals surface area (Å²) in [7, 11) is 0. The molecule has 0 aromatic carbocycles. The molecule has 1 aliphatic heterocycles. The maximum atomic E-state index is 10.9. The average molecular weight is 226 g/mol. The maximum Gasteiger partial charge on any atom is 0.246 e. The van der Waals surface area contributed by atoms with Crippen molar-refractivity contribution in [3.63, 3.8) is 0 Å². The third-order valence-corrected chi connectivity index (χ3v) is 4.15. The van der Waals surface area contributed by atoms with Crippen LogP contribution in [0.15, 0.2) is 0 Å². The van der Waals surface area contributed by atoms with Crippen LogP contribution >= 0.6 is 0 Å². The first-order valence-electron chi connectivity index (χ1n) is 6.40. The van der Waals surface area contributed by atoms with E-state index in [1.807, 2.05) is 0 Å². The maximum absolute atomic E-state index is 10.9. The second kappa shape index (κ2) is 5.15. The van der Waals surface area contributed by atoms with Gasteiger partial charge in [-0.2, -0.15) is 0 Å². The lowest BCUT2D eigenvalue weighted by Crippen LogP contribution is -2.45. The number of rotatable bonds is 3. The van der Waals surface area contributed by atoms with Gasteiger partial charge in [0.05, 0.1) is 0 Å². The van der Waals surface area contributed by atoms with Crippen molar-refractivity contribution in [3.8, 4) is 0 Å². The Hall–Kier alpha value is -0.610. The van der Waals surface area contributed by atoms with Crippen molar-refractivity contribution in [1.82, 2.24) is 4.90 Å². The zero-order valence-corrected chi connectivity index (χ0v) is 9.77. The third kappa shape index (κ3) is 2.55. The zero-order chi connectivity index (χ0) is 11.5. The minimum Gasteiger partial charge on any atom is -0.383 e. The van der Waals surface area contributed by atoms with Gasteiger partial charge < -0.3 is 15.7 Å². The first-order valence-corrected chi connectivity index (χ1v) is 6.40. The van der Waals surface area contributed by atoms with Gasteiger partial charge in [-0.15, -0.1) is 0 Å². The van der Waals surface area contributed by atoms with Crippen LogP contribution in [0.1, 0.15) is 38.5 Å². The monoisotopic (exact) mass is 226 g/mol. The molecule has 16 heavy (non-hydrogen) atoms. The van der Waals surface area contributed by atoms with Gasteiger partial charge in [0.15, 0.2) is 0 Å². The predicted octanol–water partition coefficient (Wildman–Crippen LogP) is 0.487. The summed E-state index contributed by atoms with van der Waals surface area (Å²) in [5, 5.41) is 9.61. The highest BCUT2D eigenvalue weighted by molar-refractivity contribution is 5.78. The van der Waals surface area contributed by atoms with E-state index in [1.165, 1.54) is 25.7 Å². The van der Waals surface area contributed by atoms with E-state index < -0.39 is 12.0 Å². The molecule has 2 rings (SSSR count). The number of hydrogen-bond donors (Lipinski definition) is 2. The molecule has 1 unspecified atom stereocenters. The Balaban J connectivity index is 1.79. The Kier molecular flexibility index (Phi) is 3.82. The molecule has 2 fully saturated rings. The second-order valence-electron chi connectivity index (χ2n) is 5.16. The Labute approximate surface area is 96.8 Å². The molecule has 92 valence electrons. The van der Waals surface area contributed by atoms with Crippen molar-refractivity contribution >= 4 is 5.91 Å². The standard InChI is InChI=1S/C12H22N2O2/c13-12(16)11(15)9-5-7-14(8-6-9)10-3-1-2-4-10/h9-11,15H,1-8H2,(H2,13,16). The molecule has 2 aliphatic rings. The van der Waals surface area contributed by atoms with Crippen molar-refractivity contribution in [3.05, 3.63) is 0 Å². The number of aliphatic hydroxyl groups is 1. The van der Waals surface area contributed by atoms with E-state index >= 15 is 0 Å². The van der Waals surface area contributed by atoms with Crippen LogP contribution in [-0.4, -0.2) is 41.1 Å². The Morgan fingerprint density at radius 1 is 1.19 bits per heavy atom. The van der Waals surface area contributed by atoms with Crippen LogP contribution in [0.3, 0.4) is 0 Å². The van der Waals surface area contributed by atoms with E-state index in [0.717, 1.165) is 32.0 Å². The molecular formula is C12H22N2O2. The summed E-state index contributed by atoms with van der Waals surface area (Å²) in [6, 6.07) is 0.756. The largest absolute Gasteiger partial charge is 0.383 e. The summed E-state index contributed by atoms with van der Waals surface area (Å²) in [6.07, 6.45) is 6.22. The van der Waals surface area contributed by atoms with Gasteiger partial charge >= 0.3 is 0 Å². The number of carbonyl (C=O) groups excluding carboxylic acids is 1. The number of likely N-dealkylation sites (tertiary alicyclic amines) is 1. The molecular weight excluding hydrogens is 204 g/mol. The van der Waals surface area contributed by atoms with E-state index in [0.29, 0.717) is 0 Å². The fourth-order valence-electron chi connectivity index (χ4n) is 3.10. The number of nitrogens with two attached hydrogens (primary N) is 1. The Morgan fingerprint density at radius 3 is 2.25 bits per heavy atom. The predicted molar refractivity (Wildman–Crippen MR) is 61.8 cm³/mol. The van der Waals surface area contributed by atoms with Gasteiger partial charge in [-0.25, -0.2) is 0 Å². The van der Waals surface area contributed by atoms with Gasteiger partial charge in [-0.1, -0.05) is 12.8 Å². The van der Waals surface area contributed by atoms with Gasteiger partial charge in [0.2, 0.25) is 5.91 Å². The number of carbonyl (C=O) groups is 1. The lowest BCUT2D eigenvalue weighted by Gasteiger charge is -2.36. The minimum absolute atomic E-state index is 0.0788. The molecule has 1 heterocycles. The van der Waals surface area contributed by atoms with E-state index in [2.05, 4.69) is 4.90 Å². The number of nitrogens with zero attached hydrogens (tertiary/aromatic N) is 1. The van der Waals surface area contributed by atoms with E-state index in [4.69, 9.17) is 5.73 Å². The first kappa shape index (κ1) is 11.9. The van der Waals surface area contributed by atoms with Gasteiger partial charge in [-0.05, 0) is 44.7 Å². The number of primary amides is 1. The highest BCUT2D eigenvalue weighted by atomic mass is 16.3. The SMILES string of the molecule is NC(=O)C(O)C1CCN(C2CCCC2)CC1. The lowest BCUT2D eigenvalue weighted by molar-refractivity contribution is -0.129. The third-order valence-electron chi connectivity index (χ3n) is 4.15. The number of aliphatic hydroxyl groups excluding tert-OH is 1. The summed E-state index contributed by atoms with van der Waals surface area (Å²) in [6.45, 7) is 2.03. The van der Waals surface area contributed by atoms with E-state index in [1.54, 1.807) is 0 Å². The van der Waals surface area contributed by atoms with Crippen LogP contribution in [0.4, 0.5) is 0 Å². The zero-order valence-electron chi connectivity index (χ0n) is 9.77. The highest BCUT2D eigenvalue weighted by Gasteiger charge is 2.31. The van der Waals surface area contributed by atoms with Crippen molar-refractivity contribution < 1.29 is 9.90 Å². The fourth-order valence-corrected chi connectivity index (χ4v) is 3.10. The summed E-state index contributed by atoms with van der Waals surface area (Å²) in [5.74, 6) is -0.491. The van der Waals surface area contributed by atoms with Crippen LogP contribution in [0.5, 0.6) is 0 Å². The van der Waals surface area contributed by atoms with Gasteiger partial charge in [0.25, 0.3) is 0 Å². The molecule has 4 heteroatoms. The van der Waals surface area contributed by atoms with Crippen LogP contribution in [-0.2, 0) is 4.79 Å². The molecule has 3 N–H and O–H groups in total. The van der Waals surface area contributed by atoms with Crippen LogP contribution in [0.25, 0.3) is 0 Å². The fraction of sp³-hybridized carbons (Fsp3) is 0.917. The second-order valence-corrected chi connectivity index (χ2v) is 5.16. The van der Waals surface area contributed by atoms with Gasteiger partial charge in [-0.3, -0.25) is 4.79 Å². The lowest BCUT2D eigenvalue weighted by atomic mass is 9.90. The Morgan fingerprint density at radius 2 is 1.75 bits per heavy atom. The minimum atomic E-state index is -0.939. The number of amides is 1. The molecule has 0 spiro atoms. The summed E-state index contributed by atoms with van der Waals surface area (Å²) in [5.41, 5.74) is 5.12. The van der Waals surface area contributed by atoms with Crippen molar-refractivity contribution in [2.45, 2.75) is 50.7 Å². The van der Waals surface area contributed by atoms with Crippen LogP contribution in [0, 0.1) is 5.92 Å². The topological polar surface area (TPSA) is 66.6 Å². The van der Waals surface area contributed by atoms with Crippen molar-refractivity contribution in [1.29, 1.82) is 0 Å². The van der Waals surface area contributed by atoms with Gasteiger partial charge in [0.1, 0.15) is 6.10 Å². The molecule has 1 atom stereocenters. The molecule has 1 aliphatic carbocycles. The van der Waals surface area contributed by atoms with Crippen LogP contribution < -0.4 is 5.73 Å². The summed E-state index contributed by atoms with van der Waals surface area (Å²) >= 11 is 0. The summed E-state index contributed by atoms with van der Waals surface area (Å²) < 4.78 is 0. The van der Waals surface area contributed by atoms with Crippen molar-refractivity contribution in [2.75, 3.05) is 13.1 Å². The smallest absolute Gasteiger partial charge is 0.246 e. The molecule has 4 nitrogen and oxygen atoms in total. The normalized spacial score (nSPS) is 27.1. The van der Waals surface area contributed by atoms with Gasteiger partial charge in [0, 0.05) is 6.04 Å². The molecule has 1 saturated heterocycles. The number of piperidine rings is 1. The average Bonchev–Trinajstić information content (AvgIpc) is 2.81. The summed E-state index contributed by atoms with van der Waals surface area (Å²) in [4.78, 5) is 13.4. The number of hydrogen-bond acceptors (Lipinski definition) is 3. The molecule has 0 aromatic heterocycles. The molecule has 0 bridgehead atoms. The molecule has 0 aromatic rings. The molecule has 0 radical (unpaired) electrons. The van der Waals surface area contributed by atoms with E-state index in [9.17, 15) is 9.90 Å². The quantitative estimate of drug-likeness (QED) is 0.736.